The zero-order valence-corrected chi connectivity index (χ0v) is 12.1. The average molecular weight is 284 g/mol. The van der Waals surface area contributed by atoms with Crippen molar-refractivity contribution in [1.82, 2.24) is 9.88 Å². The van der Waals surface area contributed by atoms with Crippen molar-refractivity contribution in [1.29, 1.82) is 0 Å². The predicted octanol–water partition coefficient (Wildman–Crippen LogP) is 1.11. The van der Waals surface area contributed by atoms with Crippen molar-refractivity contribution in [3.8, 4) is 0 Å². The molecular formula is C13H20N2O3S. The van der Waals surface area contributed by atoms with Crippen molar-refractivity contribution >= 4 is 15.7 Å². The lowest BCUT2D eigenvalue weighted by Gasteiger charge is -2.28. The van der Waals surface area contributed by atoms with Gasteiger partial charge in [-0.2, -0.15) is 0 Å². The molecule has 5 nitrogen and oxygen atoms in total. The second kappa shape index (κ2) is 5.36. The van der Waals surface area contributed by atoms with E-state index in [2.05, 4.69) is 5.32 Å². The minimum atomic E-state index is -3.01. The van der Waals surface area contributed by atoms with Gasteiger partial charge in [-0.3, -0.25) is 4.79 Å². The molecule has 1 aliphatic rings. The van der Waals surface area contributed by atoms with Crippen LogP contribution in [0, 0.1) is 0 Å². The summed E-state index contributed by atoms with van der Waals surface area (Å²) in [6.45, 7) is 0. The molecule has 6 heteroatoms. The molecule has 106 valence electrons. The molecule has 1 aromatic rings. The molecule has 19 heavy (non-hydrogen) atoms. The molecule has 1 heterocycles. The number of hydrogen-bond acceptors (Lipinski definition) is 3. The molecule has 0 aliphatic heterocycles. The topological polar surface area (TPSA) is 68.2 Å². The van der Waals surface area contributed by atoms with Crippen molar-refractivity contribution in [2.24, 2.45) is 7.05 Å². The molecule has 1 aromatic heterocycles. The summed E-state index contributed by atoms with van der Waals surface area (Å²) in [5.41, 5.74) is 0.599. The van der Waals surface area contributed by atoms with Crippen LogP contribution in [0.3, 0.4) is 0 Å². The Kier molecular flexibility index (Phi) is 3.99. The van der Waals surface area contributed by atoms with Gasteiger partial charge in [-0.1, -0.05) is 6.42 Å². The number of nitrogens with one attached hydrogen (secondary N) is 1. The van der Waals surface area contributed by atoms with Crippen LogP contribution in [0.1, 0.15) is 36.2 Å². The van der Waals surface area contributed by atoms with E-state index < -0.39 is 9.84 Å². The Labute approximate surface area is 113 Å². The number of amides is 1. The number of hydrogen-bond donors (Lipinski definition) is 1. The van der Waals surface area contributed by atoms with Crippen LogP contribution in [0.15, 0.2) is 18.3 Å². The van der Waals surface area contributed by atoms with Gasteiger partial charge in [0.1, 0.15) is 15.5 Å². The average Bonchev–Trinajstić information content (AvgIpc) is 2.75. The third-order valence-electron chi connectivity index (χ3n) is 3.74. The van der Waals surface area contributed by atoms with E-state index in [1.165, 1.54) is 6.26 Å². The van der Waals surface area contributed by atoms with E-state index in [1.54, 1.807) is 10.6 Å². The number of rotatable bonds is 3. The van der Waals surface area contributed by atoms with E-state index in [1.807, 2.05) is 19.3 Å². The summed E-state index contributed by atoms with van der Waals surface area (Å²) in [5.74, 6) is -0.133. The molecule has 1 N–H and O–H groups in total. The molecule has 2 atom stereocenters. The van der Waals surface area contributed by atoms with Gasteiger partial charge in [0.25, 0.3) is 5.91 Å². The van der Waals surface area contributed by atoms with E-state index in [9.17, 15) is 13.2 Å². The summed E-state index contributed by atoms with van der Waals surface area (Å²) in [6.07, 6.45) is 6.01. The van der Waals surface area contributed by atoms with Crippen molar-refractivity contribution in [2.75, 3.05) is 6.26 Å². The van der Waals surface area contributed by atoms with Gasteiger partial charge in [0.15, 0.2) is 0 Å². The van der Waals surface area contributed by atoms with Gasteiger partial charge in [0, 0.05) is 25.5 Å². The van der Waals surface area contributed by atoms with Crippen LogP contribution in [0.4, 0.5) is 0 Å². The van der Waals surface area contributed by atoms with Gasteiger partial charge in [0.05, 0.1) is 5.25 Å². The van der Waals surface area contributed by atoms with Crippen LogP contribution >= 0.6 is 0 Å². The SMILES string of the molecule is Cn1cccc1C(=O)N[C@H]1CCC[C@H](S(C)(=O)=O)C1. The summed E-state index contributed by atoms with van der Waals surface area (Å²) in [4.78, 5) is 12.1. The maximum absolute atomic E-state index is 12.1. The number of aryl methyl sites for hydroxylation is 1. The first-order valence-corrected chi connectivity index (χ1v) is 8.44. The number of nitrogens with zero attached hydrogens (tertiary/aromatic N) is 1. The Morgan fingerprint density at radius 2 is 2.16 bits per heavy atom. The molecule has 0 saturated heterocycles. The smallest absolute Gasteiger partial charge is 0.268 e. The lowest BCUT2D eigenvalue weighted by Crippen LogP contribution is -2.42. The van der Waals surface area contributed by atoms with Crippen molar-refractivity contribution in [2.45, 2.75) is 37.0 Å². The third kappa shape index (κ3) is 3.37. The van der Waals surface area contributed by atoms with Gasteiger partial charge >= 0.3 is 0 Å². The van der Waals surface area contributed by atoms with Crippen molar-refractivity contribution in [3.05, 3.63) is 24.0 Å². The Morgan fingerprint density at radius 3 is 2.74 bits per heavy atom. The molecule has 1 saturated carbocycles. The minimum absolute atomic E-state index is 0.0455. The van der Waals surface area contributed by atoms with Crippen LogP contribution in [-0.4, -0.2) is 36.4 Å². The predicted molar refractivity (Wildman–Crippen MR) is 73.8 cm³/mol. The normalized spacial score (nSPS) is 24.1. The van der Waals surface area contributed by atoms with E-state index >= 15 is 0 Å². The van der Waals surface area contributed by atoms with Gasteiger partial charge < -0.3 is 9.88 Å². The zero-order chi connectivity index (χ0) is 14.0. The van der Waals surface area contributed by atoms with Gasteiger partial charge in [-0.25, -0.2) is 8.42 Å². The van der Waals surface area contributed by atoms with Crippen LogP contribution in [0.25, 0.3) is 0 Å². The quantitative estimate of drug-likeness (QED) is 0.904. The highest BCUT2D eigenvalue weighted by atomic mass is 32.2. The summed E-state index contributed by atoms with van der Waals surface area (Å²) in [7, 11) is -1.20. The molecule has 0 aromatic carbocycles. The molecular weight excluding hydrogens is 264 g/mol. The molecule has 1 fully saturated rings. The summed E-state index contributed by atoms with van der Waals surface area (Å²) < 4.78 is 24.9. The highest BCUT2D eigenvalue weighted by Crippen LogP contribution is 2.24. The summed E-state index contributed by atoms with van der Waals surface area (Å²) >= 11 is 0. The fraction of sp³-hybridized carbons (Fsp3) is 0.615. The van der Waals surface area contributed by atoms with E-state index in [-0.39, 0.29) is 17.2 Å². The lowest BCUT2D eigenvalue weighted by atomic mass is 9.95. The number of carbonyl (C=O) groups excluding carboxylic acids is 1. The number of sulfone groups is 1. The standard InChI is InChI=1S/C13H20N2O3S/c1-15-8-4-7-12(15)13(16)14-10-5-3-6-11(9-10)19(2,17)18/h4,7-8,10-11H,3,5-6,9H2,1-2H3,(H,14,16)/t10-,11-/m0/s1. The summed E-state index contributed by atoms with van der Waals surface area (Å²) in [6, 6.07) is 3.53. The molecule has 0 radical (unpaired) electrons. The van der Waals surface area contributed by atoms with Gasteiger partial charge in [-0.05, 0) is 31.4 Å². The third-order valence-corrected chi connectivity index (χ3v) is 5.38. The molecule has 1 amide bonds. The maximum atomic E-state index is 12.1. The van der Waals surface area contributed by atoms with Gasteiger partial charge in [0.2, 0.25) is 0 Å². The lowest BCUT2D eigenvalue weighted by molar-refractivity contribution is 0.0919. The zero-order valence-electron chi connectivity index (χ0n) is 11.3. The van der Waals surface area contributed by atoms with Gasteiger partial charge in [-0.15, -0.1) is 0 Å². The second-order valence-electron chi connectivity index (χ2n) is 5.29. The molecule has 1 aliphatic carbocycles. The Bertz CT molecular complexity index is 562. The number of aromatic nitrogens is 1. The molecule has 0 spiro atoms. The monoisotopic (exact) mass is 284 g/mol. The van der Waals surface area contributed by atoms with Crippen molar-refractivity contribution in [3.63, 3.8) is 0 Å². The van der Waals surface area contributed by atoms with Crippen molar-refractivity contribution < 1.29 is 13.2 Å². The van der Waals surface area contributed by atoms with Crippen LogP contribution in [0.5, 0.6) is 0 Å². The van der Waals surface area contributed by atoms with E-state index in [0.717, 1.165) is 12.8 Å². The molecule has 0 bridgehead atoms. The van der Waals surface area contributed by atoms with E-state index in [4.69, 9.17) is 0 Å². The highest BCUT2D eigenvalue weighted by Gasteiger charge is 2.29. The Balaban J connectivity index is 2.00. The second-order valence-corrected chi connectivity index (χ2v) is 7.62. The fourth-order valence-corrected chi connectivity index (χ4v) is 3.80. The fourth-order valence-electron chi connectivity index (χ4n) is 2.62. The van der Waals surface area contributed by atoms with Crippen LogP contribution < -0.4 is 5.32 Å². The first kappa shape index (κ1) is 14.1. The van der Waals surface area contributed by atoms with E-state index in [0.29, 0.717) is 18.5 Å². The largest absolute Gasteiger partial charge is 0.348 e. The van der Waals surface area contributed by atoms with Crippen LogP contribution in [-0.2, 0) is 16.9 Å². The first-order valence-electron chi connectivity index (χ1n) is 6.49. The Morgan fingerprint density at radius 1 is 1.42 bits per heavy atom. The Hall–Kier alpha value is -1.30. The summed E-state index contributed by atoms with van der Waals surface area (Å²) in [5, 5.41) is 2.62. The molecule has 0 unspecified atom stereocenters. The maximum Gasteiger partial charge on any atom is 0.268 e. The minimum Gasteiger partial charge on any atom is -0.348 e. The number of carbonyl (C=O) groups is 1. The molecule has 2 rings (SSSR count). The first-order chi connectivity index (χ1) is 8.88. The highest BCUT2D eigenvalue weighted by molar-refractivity contribution is 7.91. The van der Waals surface area contributed by atoms with Crippen LogP contribution in [0.2, 0.25) is 0 Å².